The molecule has 1 unspecified atom stereocenters. The van der Waals surface area contributed by atoms with Crippen LogP contribution in [0.5, 0.6) is 5.75 Å². The molecular weight excluding hydrogens is 343 g/mol. The average molecular weight is 374 g/mol. The highest BCUT2D eigenvalue weighted by Crippen LogP contribution is 2.62. The van der Waals surface area contributed by atoms with Crippen molar-refractivity contribution in [1.29, 1.82) is 0 Å². The Morgan fingerprint density at radius 1 is 1.00 bits per heavy atom. The van der Waals surface area contributed by atoms with Gasteiger partial charge < -0.3 is 18.2 Å². The second-order valence-electron chi connectivity index (χ2n) is 6.56. The van der Waals surface area contributed by atoms with Crippen LogP contribution in [0.3, 0.4) is 0 Å². The van der Waals surface area contributed by atoms with Gasteiger partial charge in [-0.1, -0.05) is 26.0 Å². The van der Waals surface area contributed by atoms with Crippen LogP contribution in [-0.4, -0.2) is 28.6 Å². The minimum absolute atomic E-state index is 0.378. The second-order valence-corrected chi connectivity index (χ2v) is 13.1. The van der Waals surface area contributed by atoms with Crippen molar-refractivity contribution in [3.8, 4) is 5.75 Å². The van der Waals surface area contributed by atoms with Crippen molar-refractivity contribution in [2.45, 2.75) is 52.2 Å². The lowest BCUT2D eigenvalue weighted by atomic mass is 10.2. The number of benzene rings is 1. The zero-order chi connectivity index (χ0) is 18.2. The largest absolute Gasteiger partial charge is 0.497 e. The third kappa shape index (κ3) is 6.69. The Kier molecular flexibility index (Phi) is 8.67. The third-order valence-electron chi connectivity index (χ3n) is 3.10. The number of methoxy groups -OCH3 is 1. The summed E-state index contributed by atoms with van der Waals surface area (Å²) in [4.78, 5) is 0. The summed E-state index contributed by atoms with van der Waals surface area (Å²) in [6, 6.07) is 7.39. The molecule has 0 aliphatic rings. The molecule has 24 heavy (non-hydrogen) atoms. The van der Waals surface area contributed by atoms with Gasteiger partial charge in [-0.3, -0.25) is 4.57 Å². The van der Waals surface area contributed by atoms with Gasteiger partial charge in [-0.05, 0) is 50.2 Å². The molecule has 138 valence electrons. The van der Waals surface area contributed by atoms with Crippen LogP contribution in [0.2, 0.25) is 19.6 Å². The molecule has 0 heterocycles. The Bertz CT molecular complexity index is 515. The lowest BCUT2D eigenvalue weighted by Gasteiger charge is -2.32. The molecule has 5 nitrogen and oxygen atoms in total. The van der Waals surface area contributed by atoms with E-state index in [1.54, 1.807) is 7.11 Å². The highest BCUT2D eigenvalue weighted by molar-refractivity contribution is 7.54. The van der Waals surface area contributed by atoms with Crippen LogP contribution in [0.25, 0.3) is 0 Å². The molecule has 1 atom stereocenters. The minimum atomic E-state index is -3.43. The molecule has 0 fully saturated rings. The van der Waals surface area contributed by atoms with Crippen LogP contribution in [-0.2, 0) is 18.0 Å². The van der Waals surface area contributed by atoms with E-state index in [0.717, 1.165) is 24.2 Å². The van der Waals surface area contributed by atoms with Crippen molar-refractivity contribution in [2.75, 3.05) is 20.3 Å². The fourth-order valence-corrected chi connectivity index (χ4v) is 6.06. The maximum Gasteiger partial charge on any atom is 0.362 e. The zero-order valence-corrected chi connectivity index (χ0v) is 17.6. The van der Waals surface area contributed by atoms with Gasteiger partial charge in [0.25, 0.3) is 0 Å². The van der Waals surface area contributed by atoms with Crippen molar-refractivity contribution in [3.63, 3.8) is 0 Å². The molecule has 0 radical (unpaired) electrons. The molecule has 0 aliphatic carbocycles. The summed E-state index contributed by atoms with van der Waals surface area (Å²) in [7, 11) is -3.79. The van der Waals surface area contributed by atoms with Crippen molar-refractivity contribution >= 4 is 15.9 Å². The Hall–Kier alpha value is -0.653. The minimum Gasteiger partial charge on any atom is -0.497 e. The van der Waals surface area contributed by atoms with Crippen molar-refractivity contribution in [1.82, 2.24) is 0 Å². The number of hydrogen-bond acceptors (Lipinski definition) is 5. The molecule has 0 saturated carbocycles. The monoisotopic (exact) mass is 374 g/mol. The third-order valence-corrected chi connectivity index (χ3v) is 6.31. The summed E-state index contributed by atoms with van der Waals surface area (Å²) < 4.78 is 36.3. The Morgan fingerprint density at radius 3 is 1.88 bits per heavy atom. The number of hydrogen-bond donors (Lipinski definition) is 0. The maximum absolute atomic E-state index is 13.5. The molecule has 0 bridgehead atoms. The highest BCUT2D eigenvalue weighted by atomic mass is 31.2. The van der Waals surface area contributed by atoms with Gasteiger partial charge in [0, 0.05) is 0 Å². The Morgan fingerprint density at radius 2 is 1.50 bits per heavy atom. The van der Waals surface area contributed by atoms with Gasteiger partial charge in [0.05, 0.1) is 20.3 Å². The standard InChI is InChI=1S/C17H31O5PSi/c1-7-13-20-23(18,21-14-8-2)17(22-24(4,5)6)15-9-11-16(19-3)12-10-15/h9-12,17H,7-8,13-14H2,1-6H3. The van der Waals surface area contributed by atoms with E-state index in [4.69, 9.17) is 18.2 Å². The molecule has 0 amide bonds. The van der Waals surface area contributed by atoms with Crippen LogP contribution in [0.15, 0.2) is 24.3 Å². The van der Waals surface area contributed by atoms with E-state index in [1.807, 2.05) is 38.1 Å². The van der Waals surface area contributed by atoms with E-state index in [-0.39, 0.29) is 0 Å². The van der Waals surface area contributed by atoms with Gasteiger partial charge in [-0.2, -0.15) is 0 Å². The van der Waals surface area contributed by atoms with E-state index < -0.39 is 21.8 Å². The average Bonchev–Trinajstić information content (AvgIpc) is 2.55. The Balaban J connectivity index is 3.22. The summed E-state index contributed by atoms with van der Waals surface area (Å²) in [6.45, 7) is 10.9. The fraction of sp³-hybridized carbons (Fsp3) is 0.647. The zero-order valence-electron chi connectivity index (χ0n) is 15.7. The molecular formula is C17H31O5PSi. The smallest absolute Gasteiger partial charge is 0.362 e. The molecule has 0 N–H and O–H groups in total. The summed E-state index contributed by atoms with van der Waals surface area (Å²) in [5.74, 6) is 0.0254. The van der Waals surface area contributed by atoms with Crippen LogP contribution in [0.4, 0.5) is 0 Å². The lowest BCUT2D eigenvalue weighted by Crippen LogP contribution is -2.29. The molecule has 1 rings (SSSR count). The van der Waals surface area contributed by atoms with Gasteiger partial charge in [-0.15, -0.1) is 0 Å². The molecule has 0 aromatic heterocycles. The predicted molar refractivity (Wildman–Crippen MR) is 100 cm³/mol. The Labute approximate surface area is 147 Å². The van der Waals surface area contributed by atoms with E-state index in [0.29, 0.717) is 13.2 Å². The lowest BCUT2D eigenvalue weighted by molar-refractivity contribution is 0.149. The molecule has 7 heteroatoms. The van der Waals surface area contributed by atoms with Crippen molar-refractivity contribution in [2.24, 2.45) is 0 Å². The predicted octanol–water partition coefficient (Wildman–Crippen LogP) is 5.59. The normalized spacial score (nSPS) is 13.8. The quantitative estimate of drug-likeness (QED) is 0.373. The number of ether oxygens (including phenoxy) is 1. The summed E-state index contributed by atoms with van der Waals surface area (Å²) >= 11 is 0. The SMILES string of the molecule is CCCOP(=O)(OCCC)C(O[Si](C)(C)C)c1ccc(OC)cc1. The second kappa shape index (κ2) is 9.73. The van der Waals surface area contributed by atoms with Gasteiger partial charge in [0.2, 0.25) is 0 Å². The maximum atomic E-state index is 13.5. The molecule has 0 saturated heterocycles. The first kappa shape index (κ1) is 21.4. The first-order chi connectivity index (χ1) is 11.3. The van der Waals surface area contributed by atoms with Gasteiger partial charge in [0.15, 0.2) is 14.2 Å². The summed E-state index contributed by atoms with van der Waals surface area (Å²) in [6.07, 6.45) is 1.53. The molecule has 1 aromatic rings. The molecule has 0 spiro atoms. The van der Waals surface area contributed by atoms with Gasteiger partial charge in [0.1, 0.15) is 5.75 Å². The van der Waals surface area contributed by atoms with E-state index in [2.05, 4.69) is 19.6 Å². The van der Waals surface area contributed by atoms with E-state index >= 15 is 0 Å². The molecule has 1 aromatic carbocycles. The first-order valence-corrected chi connectivity index (χ1v) is 13.5. The van der Waals surface area contributed by atoms with Gasteiger partial charge >= 0.3 is 7.60 Å². The first-order valence-electron chi connectivity index (χ1n) is 8.46. The number of rotatable bonds is 11. The van der Waals surface area contributed by atoms with Crippen LogP contribution >= 0.6 is 7.60 Å². The van der Waals surface area contributed by atoms with Gasteiger partial charge in [-0.25, -0.2) is 0 Å². The van der Waals surface area contributed by atoms with Crippen LogP contribution < -0.4 is 4.74 Å². The van der Waals surface area contributed by atoms with Crippen LogP contribution in [0.1, 0.15) is 38.1 Å². The van der Waals surface area contributed by atoms with Crippen LogP contribution in [0, 0.1) is 0 Å². The highest BCUT2D eigenvalue weighted by Gasteiger charge is 2.41. The fourth-order valence-electron chi connectivity index (χ4n) is 2.03. The van der Waals surface area contributed by atoms with E-state index in [9.17, 15) is 4.57 Å². The summed E-state index contributed by atoms with van der Waals surface area (Å²) in [5.41, 5.74) is 0.786. The van der Waals surface area contributed by atoms with Crippen molar-refractivity contribution < 1.29 is 22.8 Å². The van der Waals surface area contributed by atoms with Crippen molar-refractivity contribution in [3.05, 3.63) is 29.8 Å². The topological polar surface area (TPSA) is 54.0 Å². The van der Waals surface area contributed by atoms with E-state index in [1.165, 1.54) is 0 Å². The molecule has 0 aliphatic heterocycles. The summed E-state index contributed by atoms with van der Waals surface area (Å²) in [5, 5.41) is 0.